The Bertz CT molecular complexity index is 195. The Kier molecular flexibility index (Phi) is 3.70. The first kappa shape index (κ1) is 9.98. The summed E-state index contributed by atoms with van der Waals surface area (Å²) in [6.45, 7) is 2.48. The van der Waals surface area contributed by atoms with Crippen LogP contribution in [-0.2, 0) is 19.1 Å². The summed E-state index contributed by atoms with van der Waals surface area (Å²) in [7, 11) is 0. The van der Waals surface area contributed by atoms with Crippen LogP contribution in [0.1, 0.15) is 19.8 Å². The molecule has 74 valence electrons. The largest absolute Gasteiger partial charge is 0.433 e. The van der Waals surface area contributed by atoms with Crippen LogP contribution in [-0.4, -0.2) is 31.3 Å². The monoisotopic (exact) mass is 187 g/mol. The molecule has 1 amide bonds. The standard InChI is InChI=1S/C8H13NO4/c1-2-3-12-8-6(9-5-10)4-7(11)13-8/h5-6,8H,2-4H2,1H3,(H,9,10)/t6-,8-/m0/s1. The quantitative estimate of drug-likeness (QED) is 0.478. The van der Waals surface area contributed by atoms with Crippen LogP contribution >= 0.6 is 0 Å². The van der Waals surface area contributed by atoms with Gasteiger partial charge in [0.25, 0.3) is 0 Å². The molecule has 0 bridgehead atoms. The van der Waals surface area contributed by atoms with E-state index >= 15 is 0 Å². The molecule has 1 N–H and O–H groups in total. The van der Waals surface area contributed by atoms with Crippen molar-refractivity contribution in [2.24, 2.45) is 0 Å². The number of hydrogen-bond acceptors (Lipinski definition) is 4. The smallest absolute Gasteiger partial charge is 0.310 e. The summed E-state index contributed by atoms with van der Waals surface area (Å²) in [6, 6.07) is -0.337. The highest BCUT2D eigenvalue weighted by atomic mass is 16.7. The Balaban J connectivity index is 2.40. The van der Waals surface area contributed by atoms with Crippen LogP contribution in [0.5, 0.6) is 0 Å². The Morgan fingerprint density at radius 2 is 2.54 bits per heavy atom. The Morgan fingerprint density at radius 3 is 3.15 bits per heavy atom. The van der Waals surface area contributed by atoms with Crippen molar-refractivity contribution in [3.8, 4) is 0 Å². The number of hydrogen-bond donors (Lipinski definition) is 1. The number of nitrogens with one attached hydrogen (secondary N) is 1. The molecule has 1 aliphatic heterocycles. The Hall–Kier alpha value is -1.10. The molecule has 0 aromatic carbocycles. The van der Waals surface area contributed by atoms with E-state index in [-0.39, 0.29) is 18.4 Å². The fourth-order valence-corrected chi connectivity index (χ4v) is 1.14. The van der Waals surface area contributed by atoms with Gasteiger partial charge in [0.2, 0.25) is 12.7 Å². The van der Waals surface area contributed by atoms with Gasteiger partial charge in [-0.1, -0.05) is 6.92 Å². The minimum atomic E-state index is -0.613. The van der Waals surface area contributed by atoms with Crippen molar-refractivity contribution in [1.82, 2.24) is 5.32 Å². The van der Waals surface area contributed by atoms with E-state index < -0.39 is 6.29 Å². The number of carbonyl (C=O) groups is 2. The number of esters is 1. The van der Waals surface area contributed by atoms with E-state index in [1.54, 1.807) is 0 Å². The minimum absolute atomic E-state index is 0.188. The van der Waals surface area contributed by atoms with E-state index in [9.17, 15) is 9.59 Å². The molecule has 0 aromatic rings. The molecule has 5 heteroatoms. The average molecular weight is 187 g/mol. The number of rotatable bonds is 5. The number of carbonyl (C=O) groups excluding carboxylic acids is 2. The number of amides is 1. The van der Waals surface area contributed by atoms with Gasteiger partial charge in [-0.15, -0.1) is 0 Å². The van der Waals surface area contributed by atoms with Gasteiger partial charge in [-0.05, 0) is 6.42 Å². The Labute approximate surface area is 76.4 Å². The van der Waals surface area contributed by atoms with E-state index in [0.29, 0.717) is 13.0 Å². The molecule has 0 radical (unpaired) electrons. The van der Waals surface area contributed by atoms with Crippen LogP contribution < -0.4 is 5.32 Å². The lowest BCUT2D eigenvalue weighted by Crippen LogP contribution is -2.37. The third kappa shape index (κ3) is 2.69. The van der Waals surface area contributed by atoms with Crippen molar-refractivity contribution in [3.05, 3.63) is 0 Å². The predicted molar refractivity (Wildman–Crippen MR) is 43.7 cm³/mol. The van der Waals surface area contributed by atoms with Crippen molar-refractivity contribution >= 4 is 12.4 Å². The molecule has 1 rings (SSSR count). The van der Waals surface area contributed by atoms with Crippen molar-refractivity contribution in [2.75, 3.05) is 6.61 Å². The summed E-state index contributed by atoms with van der Waals surface area (Å²) >= 11 is 0. The maximum Gasteiger partial charge on any atom is 0.310 e. The van der Waals surface area contributed by atoms with Gasteiger partial charge in [-0.3, -0.25) is 9.59 Å². The van der Waals surface area contributed by atoms with Gasteiger partial charge >= 0.3 is 5.97 Å². The normalized spacial score (nSPS) is 27.0. The highest BCUT2D eigenvalue weighted by molar-refractivity contribution is 5.73. The van der Waals surface area contributed by atoms with Gasteiger partial charge in [0.15, 0.2) is 0 Å². The van der Waals surface area contributed by atoms with E-state index in [4.69, 9.17) is 9.47 Å². The first-order chi connectivity index (χ1) is 6.27. The molecule has 1 aliphatic rings. The van der Waals surface area contributed by atoms with Crippen LogP contribution in [0.25, 0.3) is 0 Å². The van der Waals surface area contributed by atoms with Gasteiger partial charge in [0.05, 0.1) is 13.0 Å². The zero-order valence-electron chi connectivity index (χ0n) is 7.49. The predicted octanol–water partition coefficient (Wildman–Crippen LogP) is -0.199. The van der Waals surface area contributed by atoms with Gasteiger partial charge < -0.3 is 14.8 Å². The lowest BCUT2D eigenvalue weighted by molar-refractivity contribution is -0.165. The summed E-state index contributed by atoms with van der Waals surface area (Å²) in [4.78, 5) is 21.0. The molecular formula is C8H13NO4. The molecule has 0 aromatic heterocycles. The maximum absolute atomic E-state index is 10.8. The van der Waals surface area contributed by atoms with Gasteiger partial charge in [0, 0.05) is 0 Å². The van der Waals surface area contributed by atoms with E-state index in [1.165, 1.54) is 0 Å². The molecule has 13 heavy (non-hydrogen) atoms. The van der Waals surface area contributed by atoms with Crippen LogP contribution in [0.2, 0.25) is 0 Å². The van der Waals surface area contributed by atoms with E-state index in [2.05, 4.69) is 5.32 Å². The fraction of sp³-hybridized carbons (Fsp3) is 0.750. The molecule has 5 nitrogen and oxygen atoms in total. The number of ether oxygens (including phenoxy) is 2. The SMILES string of the molecule is CCCO[C@H]1OC(=O)C[C@@H]1NC=O. The highest BCUT2D eigenvalue weighted by Gasteiger charge is 2.35. The van der Waals surface area contributed by atoms with Crippen molar-refractivity contribution in [1.29, 1.82) is 0 Å². The van der Waals surface area contributed by atoms with Crippen LogP contribution in [0, 0.1) is 0 Å². The second-order valence-corrected chi connectivity index (χ2v) is 2.82. The zero-order valence-corrected chi connectivity index (χ0v) is 7.49. The first-order valence-electron chi connectivity index (χ1n) is 4.28. The van der Waals surface area contributed by atoms with Gasteiger partial charge in [0.1, 0.15) is 6.04 Å². The molecule has 0 saturated carbocycles. The fourth-order valence-electron chi connectivity index (χ4n) is 1.14. The third-order valence-corrected chi connectivity index (χ3v) is 1.73. The van der Waals surface area contributed by atoms with Crippen molar-refractivity contribution in [3.63, 3.8) is 0 Å². The van der Waals surface area contributed by atoms with E-state index in [1.807, 2.05) is 6.92 Å². The van der Waals surface area contributed by atoms with E-state index in [0.717, 1.165) is 6.42 Å². The second-order valence-electron chi connectivity index (χ2n) is 2.82. The molecule has 2 atom stereocenters. The van der Waals surface area contributed by atoms with Crippen molar-refractivity contribution < 1.29 is 19.1 Å². The summed E-state index contributed by atoms with van der Waals surface area (Å²) < 4.78 is 10.1. The molecule has 0 aliphatic carbocycles. The average Bonchev–Trinajstić information content (AvgIpc) is 2.44. The first-order valence-corrected chi connectivity index (χ1v) is 4.28. The Morgan fingerprint density at radius 1 is 1.77 bits per heavy atom. The van der Waals surface area contributed by atoms with Gasteiger partial charge in [-0.25, -0.2) is 0 Å². The maximum atomic E-state index is 10.8. The summed E-state index contributed by atoms with van der Waals surface area (Å²) in [6.07, 6.45) is 0.974. The van der Waals surface area contributed by atoms with Crippen LogP contribution in [0.4, 0.5) is 0 Å². The van der Waals surface area contributed by atoms with Crippen LogP contribution in [0.15, 0.2) is 0 Å². The summed E-state index contributed by atoms with van der Waals surface area (Å²) in [5.41, 5.74) is 0. The third-order valence-electron chi connectivity index (χ3n) is 1.73. The molecule has 0 spiro atoms. The van der Waals surface area contributed by atoms with Crippen LogP contribution in [0.3, 0.4) is 0 Å². The molecular weight excluding hydrogens is 174 g/mol. The lowest BCUT2D eigenvalue weighted by atomic mass is 10.2. The zero-order chi connectivity index (χ0) is 9.68. The molecule has 1 fully saturated rings. The summed E-state index contributed by atoms with van der Waals surface area (Å²) in [5.74, 6) is -0.333. The molecule has 0 unspecified atom stereocenters. The number of cyclic esters (lactones) is 1. The second kappa shape index (κ2) is 4.81. The lowest BCUT2D eigenvalue weighted by Gasteiger charge is -2.16. The van der Waals surface area contributed by atoms with Gasteiger partial charge in [-0.2, -0.15) is 0 Å². The molecule has 1 heterocycles. The summed E-state index contributed by atoms with van der Waals surface area (Å²) in [5, 5.41) is 2.48. The highest BCUT2D eigenvalue weighted by Crippen LogP contribution is 2.15. The molecule has 1 saturated heterocycles. The minimum Gasteiger partial charge on any atom is -0.433 e. The van der Waals surface area contributed by atoms with Crippen molar-refractivity contribution in [2.45, 2.75) is 32.1 Å². The topological polar surface area (TPSA) is 64.6 Å².